The van der Waals surface area contributed by atoms with Gasteiger partial charge in [-0.25, -0.2) is 13.2 Å². The number of benzene rings is 2. The molecule has 0 aliphatic carbocycles. The van der Waals surface area contributed by atoms with Crippen LogP contribution in [0.2, 0.25) is 5.02 Å². The molecule has 0 heterocycles. The van der Waals surface area contributed by atoms with E-state index in [1.54, 1.807) is 0 Å². The maximum absolute atomic E-state index is 13.4. The summed E-state index contributed by atoms with van der Waals surface area (Å²) in [5.74, 6) is -3.84. The molecular formula is C13H6ClF3O. The van der Waals surface area contributed by atoms with Gasteiger partial charge in [0.05, 0.1) is 10.6 Å². The van der Waals surface area contributed by atoms with Crippen LogP contribution in [-0.2, 0) is 0 Å². The minimum Gasteiger partial charge on any atom is -0.288 e. The van der Waals surface area contributed by atoms with Crippen molar-refractivity contribution in [3.8, 4) is 0 Å². The molecule has 0 saturated heterocycles. The summed E-state index contributed by atoms with van der Waals surface area (Å²) in [5, 5.41) is -0.454. The molecule has 1 nitrogen and oxygen atoms in total. The minimum atomic E-state index is -1.01. The molecule has 0 saturated carbocycles. The first-order valence-corrected chi connectivity index (χ1v) is 5.33. The molecule has 0 aromatic heterocycles. The number of hydrogen-bond acceptors (Lipinski definition) is 1. The molecule has 92 valence electrons. The van der Waals surface area contributed by atoms with Crippen molar-refractivity contribution in [2.45, 2.75) is 0 Å². The lowest BCUT2D eigenvalue weighted by atomic mass is 10.0. The predicted molar refractivity (Wildman–Crippen MR) is 61.2 cm³/mol. The Morgan fingerprint density at radius 2 is 1.39 bits per heavy atom. The second-order valence-corrected chi connectivity index (χ2v) is 3.91. The number of carbonyl (C=O) groups excluding carboxylic acids is 1. The van der Waals surface area contributed by atoms with Crippen LogP contribution in [0, 0.1) is 17.5 Å². The van der Waals surface area contributed by atoms with E-state index in [1.165, 1.54) is 12.1 Å². The maximum Gasteiger partial charge on any atom is 0.200 e. The van der Waals surface area contributed by atoms with Crippen LogP contribution in [0.15, 0.2) is 36.4 Å². The van der Waals surface area contributed by atoms with Gasteiger partial charge in [-0.05, 0) is 24.3 Å². The van der Waals surface area contributed by atoms with Crippen molar-refractivity contribution in [3.63, 3.8) is 0 Å². The Kier molecular flexibility index (Phi) is 3.39. The Morgan fingerprint density at radius 1 is 0.889 bits per heavy atom. The number of ketones is 1. The minimum absolute atomic E-state index is 0.277. The molecule has 0 atom stereocenters. The van der Waals surface area contributed by atoms with Crippen molar-refractivity contribution in [3.05, 3.63) is 70.0 Å². The molecule has 2 rings (SSSR count). The van der Waals surface area contributed by atoms with Crippen LogP contribution in [0.4, 0.5) is 13.2 Å². The summed E-state index contributed by atoms with van der Waals surface area (Å²) in [4.78, 5) is 11.9. The number of carbonyl (C=O) groups is 1. The van der Waals surface area contributed by atoms with Crippen LogP contribution < -0.4 is 0 Å². The highest BCUT2D eigenvalue weighted by Crippen LogP contribution is 2.24. The van der Waals surface area contributed by atoms with E-state index in [1.807, 2.05) is 0 Å². The zero-order valence-corrected chi connectivity index (χ0v) is 9.64. The highest BCUT2D eigenvalue weighted by atomic mass is 35.5. The zero-order valence-electron chi connectivity index (χ0n) is 8.88. The molecule has 0 spiro atoms. The Bertz CT molecular complexity index is 605. The topological polar surface area (TPSA) is 17.1 Å². The zero-order chi connectivity index (χ0) is 13.3. The first-order chi connectivity index (χ1) is 8.52. The SMILES string of the molecule is O=C(c1cccc(F)c1Cl)c1c(F)cccc1F. The van der Waals surface area contributed by atoms with E-state index >= 15 is 0 Å². The second-order valence-electron chi connectivity index (χ2n) is 3.53. The van der Waals surface area contributed by atoms with Crippen molar-refractivity contribution >= 4 is 17.4 Å². The summed E-state index contributed by atoms with van der Waals surface area (Å²) in [6.07, 6.45) is 0. The highest BCUT2D eigenvalue weighted by molar-refractivity contribution is 6.35. The van der Waals surface area contributed by atoms with Crippen molar-refractivity contribution < 1.29 is 18.0 Å². The fraction of sp³-hybridized carbons (Fsp3) is 0. The molecule has 2 aromatic carbocycles. The number of halogens is 4. The molecule has 18 heavy (non-hydrogen) atoms. The van der Waals surface area contributed by atoms with Gasteiger partial charge < -0.3 is 0 Å². The molecule has 0 unspecified atom stereocenters. The van der Waals surface area contributed by atoms with Gasteiger partial charge in [-0.3, -0.25) is 4.79 Å². The van der Waals surface area contributed by atoms with Gasteiger partial charge >= 0.3 is 0 Å². The normalized spacial score (nSPS) is 10.4. The number of rotatable bonds is 2. The highest BCUT2D eigenvalue weighted by Gasteiger charge is 2.21. The van der Waals surface area contributed by atoms with E-state index in [9.17, 15) is 18.0 Å². The van der Waals surface area contributed by atoms with Crippen LogP contribution >= 0.6 is 11.6 Å². The van der Waals surface area contributed by atoms with Crippen molar-refractivity contribution in [2.75, 3.05) is 0 Å². The van der Waals surface area contributed by atoms with Crippen LogP contribution in [0.5, 0.6) is 0 Å². The lowest BCUT2D eigenvalue weighted by Gasteiger charge is -2.06. The third kappa shape index (κ3) is 2.11. The predicted octanol–water partition coefficient (Wildman–Crippen LogP) is 3.99. The van der Waals surface area contributed by atoms with Crippen molar-refractivity contribution in [1.29, 1.82) is 0 Å². The van der Waals surface area contributed by atoms with Gasteiger partial charge in [0.2, 0.25) is 5.78 Å². The molecule has 0 amide bonds. The summed E-state index contributed by atoms with van der Waals surface area (Å²) in [6.45, 7) is 0. The van der Waals surface area contributed by atoms with Crippen LogP contribution in [0.3, 0.4) is 0 Å². The summed E-state index contributed by atoms with van der Waals surface area (Å²) in [6, 6.07) is 6.53. The van der Waals surface area contributed by atoms with Gasteiger partial charge in [0.1, 0.15) is 17.5 Å². The first kappa shape index (κ1) is 12.6. The molecule has 0 fully saturated rings. The summed E-state index contributed by atoms with van der Waals surface area (Å²) in [5.41, 5.74) is -1.02. The lowest BCUT2D eigenvalue weighted by Crippen LogP contribution is -2.08. The average Bonchev–Trinajstić information content (AvgIpc) is 2.32. The third-order valence-electron chi connectivity index (χ3n) is 2.39. The van der Waals surface area contributed by atoms with E-state index < -0.39 is 33.8 Å². The monoisotopic (exact) mass is 270 g/mol. The molecule has 2 aromatic rings. The molecule has 5 heteroatoms. The van der Waals surface area contributed by atoms with E-state index in [0.29, 0.717) is 0 Å². The summed E-state index contributed by atoms with van der Waals surface area (Å²) < 4.78 is 40.0. The Hall–Kier alpha value is -1.81. The maximum atomic E-state index is 13.4. The van der Waals surface area contributed by atoms with E-state index in [2.05, 4.69) is 0 Å². The fourth-order valence-electron chi connectivity index (χ4n) is 1.53. The Balaban J connectivity index is 2.59. The summed E-state index contributed by atoms with van der Waals surface area (Å²) in [7, 11) is 0. The van der Waals surface area contributed by atoms with Gasteiger partial charge in [-0.2, -0.15) is 0 Å². The second kappa shape index (κ2) is 4.82. The van der Waals surface area contributed by atoms with Crippen molar-refractivity contribution in [1.82, 2.24) is 0 Å². The Morgan fingerprint density at radius 3 is 2.00 bits per heavy atom. The lowest BCUT2D eigenvalue weighted by molar-refractivity contribution is 0.103. The van der Waals surface area contributed by atoms with Gasteiger partial charge in [0.25, 0.3) is 0 Å². The molecule has 0 aliphatic rings. The first-order valence-electron chi connectivity index (χ1n) is 4.95. The Labute approximate surface area is 106 Å². The number of hydrogen-bond donors (Lipinski definition) is 0. The quantitative estimate of drug-likeness (QED) is 0.754. The molecule has 0 radical (unpaired) electrons. The van der Waals surface area contributed by atoms with Gasteiger partial charge in [0, 0.05) is 5.56 Å². The molecule has 0 N–H and O–H groups in total. The van der Waals surface area contributed by atoms with Crippen LogP contribution in [-0.4, -0.2) is 5.78 Å². The third-order valence-corrected chi connectivity index (χ3v) is 2.77. The van der Waals surface area contributed by atoms with Gasteiger partial charge in [0.15, 0.2) is 0 Å². The largest absolute Gasteiger partial charge is 0.288 e. The molecule has 0 bridgehead atoms. The van der Waals surface area contributed by atoms with Crippen molar-refractivity contribution in [2.24, 2.45) is 0 Å². The average molecular weight is 271 g/mol. The van der Waals surface area contributed by atoms with Crippen LogP contribution in [0.25, 0.3) is 0 Å². The standard InChI is InChI=1S/C13H6ClF3O/c14-12-7(3-1-6-10(12)17)13(18)11-8(15)4-2-5-9(11)16/h1-6H. The fourth-order valence-corrected chi connectivity index (χ4v) is 1.74. The molecular weight excluding hydrogens is 265 g/mol. The molecule has 0 aliphatic heterocycles. The van der Waals surface area contributed by atoms with E-state index in [-0.39, 0.29) is 5.56 Å². The van der Waals surface area contributed by atoms with Gasteiger partial charge in [-0.15, -0.1) is 0 Å². The summed E-state index contributed by atoms with van der Waals surface area (Å²) >= 11 is 5.60. The van der Waals surface area contributed by atoms with Gasteiger partial charge in [-0.1, -0.05) is 23.7 Å². The van der Waals surface area contributed by atoms with E-state index in [0.717, 1.165) is 24.3 Å². The smallest absolute Gasteiger partial charge is 0.200 e. The van der Waals surface area contributed by atoms with E-state index in [4.69, 9.17) is 11.6 Å². The van der Waals surface area contributed by atoms with Crippen LogP contribution in [0.1, 0.15) is 15.9 Å².